The third-order valence-electron chi connectivity index (χ3n) is 6.56. The molecule has 0 saturated heterocycles. The minimum absolute atomic E-state index is 0.00628. The number of rotatable bonds is 9. The predicted octanol–water partition coefficient (Wildman–Crippen LogP) is 8.31. The molecule has 1 amide bonds. The van der Waals surface area contributed by atoms with Gasteiger partial charge in [0.1, 0.15) is 6.10 Å². The van der Waals surface area contributed by atoms with Crippen molar-refractivity contribution in [3.05, 3.63) is 95.7 Å². The summed E-state index contributed by atoms with van der Waals surface area (Å²) in [4.78, 5) is 25.3. The van der Waals surface area contributed by atoms with Crippen LogP contribution in [-0.4, -0.2) is 21.5 Å². The molecule has 2 atom stereocenters. The lowest BCUT2D eigenvalue weighted by molar-refractivity contribution is -0.139. The average Bonchev–Trinajstić information content (AvgIpc) is 3.27. The monoisotopic (exact) mass is 528 g/mol. The van der Waals surface area contributed by atoms with E-state index in [1.54, 1.807) is 0 Å². The van der Waals surface area contributed by atoms with E-state index in [9.17, 15) is 14.7 Å². The highest BCUT2D eigenvalue weighted by molar-refractivity contribution is 7.10. The summed E-state index contributed by atoms with van der Waals surface area (Å²) in [5.41, 5.74) is 6.08. The highest BCUT2D eigenvalue weighted by atomic mass is 32.1. The second kappa shape index (κ2) is 12.0. The fourth-order valence-electron chi connectivity index (χ4n) is 4.54. The first-order chi connectivity index (χ1) is 18.3. The van der Waals surface area contributed by atoms with Gasteiger partial charge in [0.15, 0.2) is 0 Å². The van der Waals surface area contributed by atoms with Crippen molar-refractivity contribution in [3.63, 3.8) is 0 Å². The van der Waals surface area contributed by atoms with Crippen molar-refractivity contribution in [1.82, 2.24) is 4.37 Å². The van der Waals surface area contributed by atoms with Gasteiger partial charge in [0, 0.05) is 0 Å². The Hall–Kier alpha value is -3.97. The molecule has 0 aliphatic carbocycles. The average molecular weight is 529 g/mol. The Balaban J connectivity index is 1.50. The van der Waals surface area contributed by atoms with Gasteiger partial charge in [-0.05, 0) is 58.6 Å². The molecular weight excluding hydrogens is 496 g/mol. The van der Waals surface area contributed by atoms with Crippen molar-refractivity contribution in [2.45, 2.75) is 46.1 Å². The Morgan fingerprint density at radius 1 is 0.895 bits per heavy atom. The summed E-state index contributed by atoms with van der Waals surface area (Å²) in [5, 5.41) is 12.5. The van der Waals surface area contributed by atoms with Gasteiger partial charge < -0.3 is 9.84 Å². The molecule has 0 aliphatic rings. The van der Waals surface area contributed by atoms with Gasteiger partial charge in [-0.3, -0.25) is 10.1 Å². The zero-order valence-electron chi connectivity index (χ0n) is 22.0. The fourth-order valence-corrected chi connectivity index (χ4v) is 5.39. The van der Waals surface area contributed by atoms with Crippen molar-refractivity contribution in [1.29, 1.82) is 0 Å². The number of aryl methyl sites for hydroxylation is 1. The molecule has 7 heteroatoms. The van der Waals surface area contributed by atoms with E-state index in [2.05, 4.69) is 9.69 Å². The number of carbonyl (C=O) groups excluding carboxylic acids is 1. The van der Waals surface area contributed by atoms with Crippen LogP contribution in [0, 0.1) is 12.8 Å². The van der Waals surface area contributed by atoms with Gasteiger partial charge in [-0.15, -0.1) is 0 Å². The summed E-state index contributed by atoms with van der Waals surface area (Å²) in [7, 11) is 0. The first-order valence-electron chi connectivity index (χ1n) is 12.7. The van der Waals surface area contributed by atoms with Crippen LogP contribution in [-0.2, 0) is 9.53 Å². The van der Waals surface area contributed by atoms with Crippen LogP contribution in [0.4, 0.5) is 10.5 Å². The predicted molar refractivity (Wildman–Crippen MR) is 153 cm³/mol. The van der Waals surface area contributed by atoms with Crippen LogP contribution in [0.1, 0.15) is 56.0 Å². The van der Waals surface area contributed by atoms with Crippen molar-refractivity contribution >= 4 is 29.3 Å². The molecule has 3 aromatic carbocycles. The lowest BCUT2D eigenvalue weighted by Gasteiger charge is -2.17. The van der Waals surface area contributed by atoms with Gasteiger partial charge in [0.2, 0.25) is 0 Å². The zero-order valence-corrected chi connectivity index (χ0v) is 22.8. The maximum absolute atomic E-state index is 12.8. The molecule has 38 heavy (non-hydrogen) atoms. The third kappa shape index (κ3) is 6.11. The Morgan fingerprint density at radius 2 is 1.47 bits per heavy atom. The first kappa shape index (κ1) is 27.1. The molecule has 4 aromatic rings. The number of aliphatic carboxylic acids is 1. The number of carboxylic acids is 1. The quantitative estimate of drug-likeness (QED) is 0.228. The normalized spacial score (nSPS) is 12.7. The number of aromatic nitrogens is 1. The summed E-state index contributed by atoms with van der Waals surface area (Å²) >= 11 is 1.33. The van der Waals surface area contributed by atoms with Gasteiger partial charge in [0.05, 0.1) is 22.2 Å². The summed E-state index contributed by atoms with van der Waals surface area (Å²) in [6.07, 6.45) is -0.172. The van der Waals surface area contributed by atoms with Gasteiger partial charge in [-0.25, -0.2) is 4.79 Å². The zero-order chi connectivity index (χ0) is 27.2. The number of amides is 1. The highest BCUT2D eigenvalue weighted by Crippen LogP contribution is 2.36. The lowest BCUT2D eigenvalue weighted by Crippen LogP contribution is -2.17. The molecule has 0 radical (unpaired) electrons. The van der Waals surface area contributed by atoms with E-state index in [-0.39, 0.29) is 12.0 Å². The topological polar surface area (TPSA) is 88.5 Å². The second-order valence-corrected chi connectivity index (χ2v) is 10.3. The number of hydrogen-bond donors (Lipinski definition) is 2. The third-order valence-corrected chi connectivity index (χ3v) is 7.55. The SMILES string of the molecule is CC[C@@H](OC(=O)Nc1c(C)nsc1-c1ccc(-c2ccc([C@H](C(=O)O)C(C)C)cc2)cc1)c1ccccc1. The van der Waals surface area contributed by atoms with Crippen LogP contribution in [0.3, 0.4) is 0 Å². The number of anilines is 1. The molecule has 0 unspecified atom stereocenters. The van der Waals surface area contributed by atoms with Gasteiger partial charge in [0.25, 0.3) is 0 Å². The lowest BCUT2D eigenvalue weighted by atomic mass is 9.87. The maximum Gasteiger partial charge on any atom is 0.412 e. The largest absolute Gasteiger partial charge is 0.481 e. The van der Waals surface area contributed by atoms with E-state index in [1.165, 1.54) is 11.5 Å². The summed E-state index contributed by atoms with van der Waals surface area (Å²) < 4.78 is 10.2. The van der Waals surface area contributed by atoms with E-state index in [4.69, 9.17) is 4.74 Å². The summed E-state index contributed by atoms with van der Waals surface area (Å²) in [5.74, 6) is -1.33. The molecule has 0 bridgehead atoms. The first-order valence-corrected chi connectivity index (χ1v) is 13.5. The molecule has 1 heterocycles. The minimum Gasteiger partial charge on any atom is -0.481 e. The molecule has 0 saturated carbocycles. The van der Waals surface area contributed by atoms with Crippen molar-refractivity contribution < 1.29 is 19.4 Å². The number of benzene rings is 3. The number of nitrogens with zero attached hydrogens (tertiary/aromatic N) is 1. The van der Waals surface area contributed by atoms with Crippen LogP contribution >= 0.6 is 11.5 Å². The molecule has 0 spiro atoms. The number of hydrogen-bond acceptors (Lipinski definition) is 5. The number of ether oxygens (including phenoxy) is 1. The second-order valence-electron chi connectivity index (χ2n) is 9.57. The molecule has 0 fully saturated rings. The van der Waals surface area contributed by atoms with Gasteiger partial charge in [-0.1, -0.05) is 99.6 Å². The van der Waals surface area contributed by atoms with Crippen molar-refractivity contribution in [2.75, 3.05) is 5.32 Å². The van der Waals surface area contributed by atoms with Crippen LogP contribution in [0.15, 0.2) is 78.9 Å². The smallest absolute Gasteiger partial charge is 0.412 e. The van der Waals surface area contributed by atoms with E-state index >= 15 is 0 Å². The Morgan fingerprint density at radius 3 is 2.03 bits per heavy atom. The molecule has 0 aliphatic heterocycles. The number of nitrogens with one attached hydrogen (secondary N) is 1. The summed E-state index contributed by atoms with van der Waals surface area (Å²) in [6, 6.07) is 25.4. The van der Waals surface area contributed by atoms with E-state index in [0.717, 1.165) is 38.4 Å². The molecule has 2 N–H and O–H groups in total. The molecule has 1 aromatic heterocycles. The summed E-state index contributed by atoms with van der Waals surface area (Å²) in [6.45, 7) is 7.68. The highest BCUT2D eigenvalue weighted by Gasteiger charge is 2.23. The van der Waals surface area contributed by atoms with E-state index < -0.39 is 18.0 Å². The van der Waals surface area contributed by atoms with Crippen LogP contribution in [0.25, 0.3) is 21.6 Å². The van der Waals surface area contributed by atoms with Crippen molar-refractivity contribution in [2.24, 2.45) is 5.92 Å². The van der Waals surface area contributed by atoms with Crippen LogP contribution in [0.5, 0.6) is 0 Å². The molecule has 196 valence electrons. The fraction of sp³-hybridized carbons (Fsp3) is 0.258. The standard InChI is InChI=1S/C31H32N2O4S/c1-5-26(23-9-7-6-8-10-23)37-31(36)32-28-20(4)33-38-29(28)25-17-13-22(14-18-25)21-11-15-24(16-12-21)27(19(2)3)30(34)35/h6-19,26-27H,5H2,1-4H3,(H,32,36)(H,34,35)/t26-,27-/m1/s1. The van der Waals surface area contributed by atoms with Gasteiger partial charge in [-0.2, -0.15) is 4.37 Å². The Labute approximate surface area is 227 Å². The van der Waals surface area contributed by atoms with E-state index in [1.807, 2.05) is 107 Å². The number of carboxylic acid groups (broad SMARTS) is 1. The maximum atomic E-state index is 12.8. The molecule has 6 nitrogen and oxygen atoms in total. The molecular formula is C31H32N2O4S. The van der Waals surface area contributed by atoms with E-state index in [0.29, 0.717) is 12.1 Å². The Bertz CT molecular complexity index is 1380. The number of carbonyl (C=O) groups is 2. The Kier molecular flexibility index (Phi) is 8.59. The molecule has 4 rings (SSSR count). The van der Waals surface area contributed by atoms with Crippen molar-refractivity contribution in [3.8, 4) is 21.6 Å². The van der Waals surface area contributed by atoms with Crippen LogP contribution < -0.4 is 5.32 Å². The van der Waals surface area contributed by atoms with Crippen LogP contribution in [0.2, 0.25) is 0 Å². The minimum atomic E-state index is -0.810. The van der Waals surface area contributed by atoms with Gasteiger partial charge >= 0.3 is 12.1 Å².